The molecule has 1 heterocycles. The van der Waals surface area contributed by atoms with E-state index in [4.69, 9.17) is 5.73 Å². The Morgan fingerprint density at radius 3 is 2.59 bits per heavy atom. The van der Waals surface area contributed by atoms with E-state index in [9.17, 15) is 4.39 Å². The van der Waals surface area contributed by atoms with Crippen LogP contribution in [0.15, 0.2) is 42.7 Å². The summed E-state index contributed by atoms with van der Waals surface area (Å²) in [5, 5.41) is 0. The van der Waals surface area contributed by atoms with Gasteiger partial charge in [0.25, 0.3) is 0 Å². The van der Waals surface area contributed by atoms with E-state index >= 15 is 0 Å². The molecule has 1 aromatic carbocycles. The first-order valence-electron chi connectivity index (χ1n) is 4.70. The molecule has 0 aliphatic heterocycles. The zero-order chi connectivity index (χ0) is 10.7. The molecule has 2 nitrogen and oxygen atoms in total. The van der Waals surface area contributed by atoms with Gasteiger partial charge in [-0.3, -0.25) is 4.98 Å². The summed E-state index contributed by atoms with van der Waals surface area (Å²) in [6.07, 6.45) is 3.39. The van der Waals surface area contributed by atoms with Crippen LogP contribution in [0.25, 0.3) is 11.1 Å². The molecule has 2 aromatic rings. The van der Waals surface area contributed by atoms with E-state index in [0.717, 1.165) is 16.7 Å². The number of hydrogen-bond acceptors (Lipinski definition) is 2. The third-order valence-corrected chi connectivity index (χ3v) is 2.27. The highest BCUT2D eigenvalue weighted by Crippen LogP contribution is 2.22. The molecule has 2 rings (SSSR count). The quantitative estimate of drug-likeness (QED) is 0.914. The van der Waals surface area contributed by atoms with Crippen molar-refractivity contribution in [3.05, 3.63) is 54.1 Å². The van der Waals surface area contributed by atoms with Gasteiger partial charge < -0.3 is 5.73 Å². The topological polar surface area (TPSA) is 38.9 Å². The average molecular weight is 275 g/mol. The number of aromatic nitrogens is 1. The van der Waals surface area contributed by atoms with E-state index in [1.165, 1.54) is 12.1 Å². The van der Waals surface area contributed by atoms with Gasteiger partial charge in [-0.2, -0.15) is 0 Å². The van der Waals surface area contributed by atoms with Gasteiger partial charge in [0.15, 0.2) is 0 Å². The smallest absolute Gasteiger partial charge is 0.123 e. The summed E-state index contributed by atoms with van der Waals surface area (Å²) in [4.78, 5) is 4.02. The summed E-state index contributed by atoms with van der Waals surface area (Å²) >= 11 is 0. The highest BCUT2D eigenvalue weighted by atomic mass is 35.5. The van der Waals surface area contributed by atoms with Gasteiger partial charge in [0, 0.05) is 24.5 Å². The molecule has 0 bridgehead atoms. The molecule has 0 unspecified atom stereocenters. The van der Waals surface area contributed by atoms with E-state index < -0.39 is 0 Å². The van der Waals surface area contributed by atoms with Crippen LogP contribution in [0.5, 0.6) is 0 Å². The number of nitrogens with zero attached hydrogens (tertiary/aromatic N) is 1. The highest BCUT2D eigenvalue weighted by molar-refractivity contribution is 5.85. The van der Waals surface area contributed by atoms with Crippen LogP contribution in [0.4, 0.5) is 4.39 Å². The summed E-state index contributed by atoms with van der Waals surface area (Å²) in [6, 6.07) is 8.27. The lowest BCUT2D eigenvalue weighted by Crippen LogP contribution is -1.99. The molecule has 17 heavy (non-hydrogen) atoms. The Kier molecular flexibility index (Phi) is 6.73. The summed E-state index contributed by atoms with van der Waals surface area (Å²) in [7, 11) is 0. The normalized spacial score (nSPS) is 9.06. The maximum atomic E-state index is 13.0. The van der Waals surface area contributed by atoms with Crippen LogP contribution in [0.2, 0.25) is 0 Å². The SMILES string of the molecule is Cl.Cl.NCc1ccncc1-c1cccc(F)c1. The van der Waals surface area contributed by atoms with E-state index in [0.29, 0.717) is 6.54 Å². The van der Waals surface area contributed by atoms with Gasteiger partial charge in [-0.25, -0.2) is 4.39 Å². The molecule has 0 saturated heterocycles. The molecule has 0 atom stereocenters. The van der Waals surface area contributed by atoms with E-state index in [1.54, 1.807) is 18.5 Å². The van der Waals surface area contributed by atoms with Crippen molar-refractivity contribution in [1.29, 1.82) is 0 Å². The maximum absolute atomic E-state index is 13.0. The lowest BCUT2D eigenvalue weighted by molar-refractivity contribution is 0.628. The summed E-state index contributed by atoms with van der Waals surface area (Å²) in [6.45, 7) is 0.425. The molecule has 2 N–H and O–H groups in total. The van der Waals surface area contributed by atoms with Crippen LogP contribution in [0.3, 0.4) is 0 Å². The third kappa shape index (κ3) is 3.66. The molecule has 1 aromatic heterocycles. The minimum atomic E-state index is -0.251. The minimum absolute atomic E-state index is 0. The largest absolute Gasteiger partial charge is 0.326 e. The summed E-state index contributed by atoms with van der Waals surface area (Å²) in [5.74, 6) is -0.251. The number of hydrogen-bond donors (Lipinski definition) is 1. The molecule has 0 spiro atoms. The third-order valence-electron chi connectivity index (χ3n) is 2.27. The van der Waals surface area contributed by atoms with Crippen LogP contribution >= 0.6 is 24.8 Å². The van der Waals surface area contributed by atoms with Crippen molar-refractivity contribution in [2.75, 3.05) is 0 Å². The van der Waals surface area contributed by atoms with Gasteiger partial charge >= 0.3 is 0 Å². The van der Waals surface area contributed by atoms with Crippen LogP contribution in [-0.2, 0) is 6.54 Å². The Morgan fingerprint density at radius 2 is 1.94 bits per heavy atom. The number of pyridine rings is 1. The standard InChI is InChI=1S/C12H11FN2.2ClH/c13-11-3-1-2-9(6-11)12-8-15-5-4-10(12)7-14;;/h1-6,8H,7,14H2;2*1H. The molecule has 0 saturated carbocycles. The Labute approximate surface area is 112 Å². The Balaban J connectivity index is 0.00000128. The molecule has 0 radical (unpaired) electrons. The molecular weight excluding hydrogens is 262 g/mol. The molecule has 0 fully saturated rings. The van der Waals surface area contributed by atoms with Gasteiger partial charge in [-0.05, 0) is 29.3 Å². The van der Waals surface area contributed by atoms with Crippen molar-refractivity contribution < 1.29 is 4.39 Å². The number of rotatable bonds is 2. The van der Waals surface area contributed by atoms with Crippen LogP contribution < -0.4 is 5.73 Å². The Hall–Kier alpha value is -1.16. The van der Waals surface area contributed by atoms with Crippen molar-refractivity contribution in [3.8, 4) is 11.1 Å². The van der Waals surface area contributed by atoms with Gasteiger partial charge in [0.2, 0.25) is 0 Å². The highest BCUT2D eigenvalue weighted by Gasteiger charge is 2.04. The Bertz CT molecular complexity index is 478. The molecule has 0 aliphatic carbocycles. The Morgan fingerprint density at radius 1 is 1.18 bits per heavy atom. The van der Waals surface area contributed by atoms with Crippen LogP contribution in [0, 0.1) is 5.82 Å². The first-order valence-corrected chi connectivity index (χ1v) is 4.70. The van der Waals surface area contributed by atoms with Gasteiger partial charge in [0.1, 0.15) is 5.82 Å². The maximum Gasteiger partial charge on any atom is 0.123 e. The van der Waals surface area contributed by atoms with Crippen molar-refractivity contribution in [2.45, 2.75) is 6.54 Å². The van der Waals surface area contributed by atoms with Crippen LogP contribution in [-0.4, -0.2) is 4.98 Å². The lowest BCUT2D eigenvalue weighted by Gasteiger charge is -2.06. The zero-order valence-electron chi connectivity index (χ0n) is 8.97. The second kappa shape index (κ2) is 7.22. The van der Waals surface area contributed by atoms with Crippen molar-refractivity contribution in [2.24, 2.45) is 5.73 Å². The van der Waals surface area contributed by atoms with Gasteiger partial charge in [0.05, 0.1) is 0 Å². The molecule has 92 valence electrons. The molecule has 0 aliphatic rings. The summed E-state index contributed by atoms with van der Waals surface area (Å²) in [5.41, 5.74) is 8.27. The predicted octanol–water partition coefficient (Wildman–Crippen LogP) is 3.19. The lowest BCUT2D eigenvalue weighted by atomic mass is 10.0. The zero-order valence-corrected chi connectivity index (χ0v) is 10.6. The van der Waals surface area contributed by atoms with Gasteiger partial charge in [-0.1, -0.05) is 12.1 Å². The van der Waals surface area contributed by atoms with Crippen LogP contribution in [0.1, 0.15) is 5.56 Å². The molecule has 0 amide bonds. The molecular formula is C12H13Cl2FN2. The van der Waals surface area contributed by atoms with Crippen molar-refractivity contribution >= 4 is 24.8 Å². The van der Waals surface area contributed by atoms with Gasteiger partial charge in [-0.15, -0.1) is 24.8 Å². The number of benzene rings is 1. The molecule has 5 heteroatoms. The number of halogens is 3. The minimum Gasteiger partial charge on any atom is -0.326 e. The van der Waals surface area contributed by atoms with E-state index in [2.05, 4.69) is 4.98 Å². The fraction of sp³-hybridized carbons (Fsp3) is 0.0833. The van der Waals surface area contributed by atoms with E-state index in [1.807, 2.05) is 12.1 Å². The average Bonchev–Trinajstić information content (AvgIpc) is 2.29. The number of nitrogens with two attached hydrogens (primary N) is 1. The first-order chi connectivity index (χ1) is 7.31. The van der Waals surface area contributed by atoms with Crippen molar-refractivity contribution in [1.82, 2.24) is 4.98 Å². The summed E-state index contributed by atoms with van der Waals surface area (Å²) < 4.78 is 13.0. The fourth-order valence-corrected chi connectivity index (χ4v) is 1.52. The fourth-order valence-electron chi connectivity index (χ4n) is 1.52. The monoisotopic (exact) mass is 274 g/mol. The first kappa shape index (κ1) is 15.8. The second-order valence-corrected chi connectivity index (χ2v) is 3.25. The predicted molar refractivity (Wildman–Crippen MR) is 72.0 cm³/mol. The van der Waals surface area contributed by atoms with E-state index in [-0.39, 0.29) is 30.6 Å². The second-order valence-electron chi connectivity index (χ2n) is 3.25. The van der Waals surface area contributed by atoms with Crippen molar-refractivity contribution in [3.63, 3.8) is 0 Å².